The summed E-state index contributed by atoms with van der Waals surface area (Å²) < 4.78 is 0. The highest BCUT2D eigenvalue weighted by molar-refractivity contribution is 6.20. The molecule has 1 spiro atoms. The standard InChI is InChI=1S/C29H30N4O3/c1-18-9-10-23-21(13-18)16-22-17-29(26(34)31(2)28(36)32(3)27(29)35)24-15-20(11-12-33(24)25(22)30-23)14-19-7-5-4-6-8-19/h4-10,13,16,20,24H,11-12,14-15,17H2,1-3H3/t20-,24+/m1/s1. The second kappa shape index (κ2) is 8.15. The number of benzene rings is 2. The number of fused-ring (bicyclic) bond motifs is 5. The highest BCUT2D eigenvalue weighted by Crippen LogP contribution is 2.49. The molecular formula is C29H30N4O3. The number of carbonyl (C=O) groups is 3. The Bertz CT molecular complexity index is 1380. The number of rotatable bonds is 2. The zero-order valence-electron chi connectivity index (χ0n) is 20.9. The molecule has 0 aliphatic carbocycles. The van der Waals surface area contributed by atoms with Crippen LogP contribution in [-0.4, -0.2) is 59.3 Å². The molecule has 0 unspecified atom stereocenters. The van der Waals surface area contributed by atoms with E-state index in [1.807, 2.05) is 31.2 Å². The molecule has 2 atom stereocenters. The number of aromatic nitrogens is 1. The predicted molar refractivity (Wildman–Crippen MR) is 138 cm³/mol. The minimum Gasteiger partial charge on any atom is -0.352 e. The first-order chi connectivity index (χ1) is 17.3. The Balaban J connectivity index is 1.49. The number of hydrogen-bond acceptors (Lipinski definition) is 5. The third-order valence-corrected chi connectivity index (χ3v) is 8.36. The van der Waals surface area contributed by atoms with Crippen molar-refractivity contribution in [2.45, 2.75) is 38.6 Å². The number of aryl methyl sites for hydroxylation is 1. The molecular weight excluding hydrogens is 452 g/mol. The number of imide groups is 2. The van der Waals surface area contributed by atoms with Crippen molar-refractivity contribution in [3.63, 3.8) is 0 Å². The average Bonchev–Trinajstić information content (AvgIpc) is 2.89. The van der Waals surface area contributed by atoms with Gasteiger partial charge in [0.05, 0.1) is 11.6 Å². The van der Waals surface area contributed by atoms with Crippen molar-refractivity contribution in [1.82, 2.24) is 14.8 Å². The van der Waals surface area contributed by atoms with Crippen molar-refractivity contribution in [3.8, 4) is 0 Å². The Morgan fingerprint density at radius 1 is 0.972 bits per heavy atom. The molecule has 6 rings (SSSR count). The molecule has 3 aliphatic rings. The number of nitrogens with zero attached hydrogens (tertiary/aromatic N) is 4. The fraction of sp³-hybridized carbons (Fsp3) is 0.379. The van der Waals surface area contributed by atoms with Crippen LogP contribution in [0, 0.1) is 18.3 Å². The average molecular weight is 483 g/mol. The maximum atomic E-state index is 13.9. The number of urea groups is 1. The zero-order valence-corrected chi connectivity index (χ0v) is 20.9. The van der Waals surface area contributed by atoms with E-state index in [9.17, 15) is 14.4 Å². The quantitative estimate of drug-likeness (QED) is 0.517. The van der Waals surface area contributed by atoms with Crippen molar-refractivity contribution < 1.29 is 14.4 Å². The Hall–Kier alpha value is -3.74. The maximum absolute atomic E-state index is 13.9. The topological polar surface area (TPSA) is 73.8 Å². The summed E-state index contributed by atoms with van der Waals surface area (Å²) in [6.07, 6.45) is 2.78. The molecule has 0 radical (unpaired) electrons. The lowest BCUT2D eigenvalue weighted by atomic mass is 9.64. The van der Waals surface area contributed by atoms with E-state index in [4.69, 9.17) is 4.98 Å². The van der Waals surface area contributed by atoms with Gasteiger partial charge < -0.3 is 4.90 Å². The fourth-order valence-electron chi connectivity index (χ4n) is 6.54. The second-order valence-electron chi connectivity index (χ2n) is 10.6. The van der Waals surface area contributed by atoms with Crippen LogP contribution in [0.3, 0.4) is 0 Å². The summed E-state index contributed by atoms with van der Waals surface area (Å²) >= 11 is 0. The molecule has 3 aromatic rings. The van der Waals surface area contributed by atoms with Crippen molar-refractivity contribution in [1.29, 1.82) is 0 Å². The molecule has 2 saturated heterocycles. The van der Waals surface area contributed by atoms with Gasteiger partial charge in [0.25, 0.3) is 0 Å². The van der Waals surface area contributed by atoms with Crippen LogP contribution in [0.2, 0.25) is 0 Å². The van der Waals surface area contributed by atoms with Crippen LogP contribution < -0.4 is 4.90 Å². The van der Waals surface area contributed by atoms with E-state index < -0.39 is 23.3 Å². The second-order valence-corrected chi connectivity index (χ2v) is 10.6. The molecule has 1 aromatic heterocycles. The molecule has 36 heavy (non-hydrogen) atoms. The Morgan fingerprint density at radius 3 is 2.42 bits per heavy atom. The number of hydrogen-bond donors (Lipinski definition) is 0. The summed E-state index contributed by atoms with van der Waals surface area (Å²) in [5.74, 6) is 0.383. The summed E-state index contributed by atoms with van der Waals surface area (Å²) in [5.41, 5.74) is 2.84. The number of piperidine rings is 1. The molecule has 4 heterocycles. The number of barbiturate groups is 1. The van der Waals surface area contributed by atoms with E-state index in [0.717, 1.165) is 50.5 Å². The van der Waals surface area contributed by atoms with Gasteiger partial charge in [-0.15, -0.1) is 0 Å². The molecule has 7 nitrogen and oxygen atoms in total. The van der Waals surface area contributed by atoms with E-state index >= 15 is 0 Å². The van der Waals surface area contributed by atoms with E-state index in [1.54, 1.807) is 0 Å². The lowest BCUT2D eigenvalue weighted by Crippen LogP contribution is -2.72. The number of amides is 4. The minimum atomic E-state index is -1.35. The lowest BCUT2D eigenvalue weighted by Gasteiger charge is -2.55. The monoisotopic (exact) mass is 482 g/mol. The van der Waals surface area contributed by atoms with Gasteiger partial charge >= 0.3 is 6.03 Å². The highest BCUT2D eigenvalue weighted by Gasteiger charge is 2.64. The van der Waals surface area contributed by atoms with Crippen LogP contribution in [0.15, 0.2) is 54.6 Å². The van der Waals surface area contributed by atoms with E-state index in [1.165, 1.54) is 19.7 Å². The van der Waals surface area contributed by atoms with E-state index in [2.05, 4.69) is 35.2 Å². The highest BCUT2D eigenvalue weighted by atomic mass is 16.2. The van der Waals surface area contributed by atoms with Gasteiger partial charge in [0.1, 0.15) is 5.82 Å². The van der Waals surface area contributed by atoms with Gasteiger partial charge in [-0.2, -0.15) is 0 Å². The van der Waals surface area contributed by atoms with Crippen molar-refractivity contribution in [3.05, 3.63) is 71.3 Å². The smallest absolute Gasteiger partial charge is 0.332 e. The molecule has 0 bridgehead atoms. The summed E-state index contributed by atoms with van der Waals surface area (Å²) in [5, 5.41) is 0.995. The molecule has 0 saturated carbocycles. The molecule has 2 aromatic carbocycles. The molecule has 7 heteroatoms. The Morgan fingerprint density at radius 2 is 1.69 bits per heavy atom. The first-order valence-electron chi connectivity index (χ1n) is 12.6. The van der Waals surface area contributed by atoms with Crippen LogP contribution in [0.25, 0.3) is 10.9 Å². The van der Waals surface area contributed by atoms with Gasteiger partial charge in [-0.25, -0.2) is 9.78 Å². The van der Waals surface area contributed by atoms with Crippen molar-refractivity contribution in [2.24, 2.45) is 11.3 Å². The Kier molecular flexibility index (Phi) is 5.14. The summed E-state index contributed by atoms with van der Waals surface area (Å²) in [4.78, 5) is 50.0. The number of pyridine rings is 1. The van der Waals surface area contributed by atoms with Gasteiger partial charge in [0, 0.05) is 32.4 Å². The third kappa shape index (κ3) is 3.25. The van der Waals surface area contributed by atoms with E-state index in [-0.39, 0.29) is 12.5 Å². The van der Waals surface area contributed by atoms with Crippen molar-refractivity contribution >= 4 is 34.6 Å². The first kappa shape index (κ1) is 22.7. The fourth-order valence-corrected chi connectivity index (χ4v) is 6.54. The van der Waals surface area contributed by atoms with Gasteiger partial charge in [-0.1, -0.05) is 42.0 Å². The van der Waals surface area contributed by atoms with Gasteiger partial charge in [0.15, 0.2) is 5.41 Å². The van der Waals surface area contributed by atoms with Gasteiger partial charge in [-0.3, -0.25) is 19.4 Å². The largest absolute Gasteiger partial charge is 0.352 e. The summed E-state index contributed by atoms with van der Waals surface area (Å²) in [6.45, 7) is 2.75. The summed E-state index contributed by atoms with van der Waals surface area (Å²) in [7, 11) is 2.98. The molecule has 2 fully saturated rings. The molecule has 4 amide bonds. The van der Waals surface area contributed by atoms with Gasteiger partial charge in [-0.05, 0) is 61.4 Å². The first-order valence-corrected chi connectivity index (χ1v) is 12.6. The number of anilines is 1. The lowest BCUT2D eigenvalue weighted by molar-refractivity contribution is -0.160. The van der Waals surface area contributed by atoms with Crippen molar-refractivity contribution in [2.75, 3.05) is 25.5 Å². The SMILES string of the molecule is Cc1ccc2nc3c(cc2c1)CC1(C(=O)N(C)C(=O)N(C)C1=O)[C@@H]1C[C@@H](Cc2ccccc2)CCN31. The minimum absolute atomic E-state index is 0.248. The predicted octanol–water partition coefficient (Wildman–Crippen LogP) is 3.96. The third-order valence-electron chi connectivity index (χ3n) is 8.36. The van der Waals surface area contributed by atoms with Crippen LogP contribution in [-0.2, 0) is 22.4 Å². The normalized spacial score (nSPS) is 23.3. The summed E-state index contributed by atoms with van der Waals surface area (Å²) in [6, 6.07) is 17.7. The van der Waals surface area contributed by atoms with Crippen LogP contribution in [0.5, 0.6) is 0 Å². The molecule has 0 N–H and O–H groups in total. The van der Waals surface area contributed by atoms with Crippen LogP contribution in [0.4, 0.5) is 10.6 Å². The van der Waals surface area contributed by atoms with Crippen LogP contribution >= 0.6 is 0 Å². The number of carbonyl (C=O) groups excluding carboxylic acids is 3. The molecule has 3 aliphatic heterocycles. The van der Waals surface area contributed by atoms with Crippen LogP contribution in [0.1, 0.15) is 29.5 Å². The van der Waals surface area contributed by atoms with E-state index in [0.29, 0.717) is 18.9 Å². The zero-order chi connectivity index (χ0) is 25.2. The van der Waals surface area contributed by atoms with Gasteiger partial charge in [0.2, 0.25) is 11.8 Å². The Labute approximate surface area is 210 Å². The maximum Gasteiger partial charge on any atom is 0.332 e. The molecule has 184 valence electrons.